The molecular weight excluding hydrogens is 234 g/mol. The van der Waals surface area contributed by atoms with E-state index < -0.39 is 0 Å². The van der Waals surface area contributed by atoms with E-state index in [-0.39, 0.29) is 0 Å². The van der Waals surface area contributed by atoms with E-state index in [0.717, 1.165) is 36.2 Å². The predicted molar refractivity (Wildman–Crippen MR) is 77.3 cm³/mol. The van der Waals surface area contributed by atoms with Crippen molar-refractivity contribution in [2.24, 2.45) is 0 Å². The molecule has 0 amide bonds. The lowest BCUT2D eigenvalue weighted by Crippen LogP contribution is -2.20. The first-order valence-electron chi connectivity index (χ1n) is 6.90. The van der Waals surface area contributed by atoms with E-state index >= 15 is 0 Å². The third-order valence-corrected chi connectivity index (χ3v) is 3.79. The van der Waals surface area contributed by atoms with Crippen LogP contribution in [0.25, 0.3) is 10.9 Å². The SMILES string of the molecule is CCc1ccc2nc(N3CCCC3)c(C#N)cc2c1. The Morgan fingerprint density at radius 1 is 1.26 bits per heavy atom. The van der Waals surface area contributed by atoms with Gasteiger partial charge >= 0.3 is 0 Å². The molecule has 3 heteroatoms. The summed E-state index contributed by atoms with van der Waals surface area (Å²) in [6.07, 6.45) is 3.39. The summed E-state index contributed by atoms with van der Waals surface area (Å²) in [4.78, 5) is 6.93. The second-order valence-corrected chi connectivity index (χ2v) is 5.05. The molecule has 0 spiro atoms. The molecule has 1 fully saturated rings. The molecule has 1 aromatic heterocycles. The Morgan fingerprint density at radius 3 is 2.74 bits per heavy atom. The van der Waals surface area contributed by atoms with Crippen molar-refractivity contribution in [3.63, 3.8) is 0 Å². The lowest BCUT2D eigenvalue weighted by Gasteiger charge is -2.18. The first-order valence-corrected chi connectivity index (χ1v) is 6.90. The average Bonchev–Trinajstić information content (AvgIpc) is 2.99. The van der Waals surface area contributed by atoms with Gasteiger partial charge in [0.15, 0.2) is 0 Å². The van der Waals surface area contributed by atoms with Gasteiger partial charge in [-0.25, -0.2) is 4.98 Å². The summed E-state index contributed by atoms with van der Waals surface area (Å²) in [5.74, 6) is 0.858. The van der Waals surface area contributed by atoms with Crippen LogP contribution in [0, 0.1) is 11.3 Å². The predicted octanol–water partition coefficient (Wildman–Crippen LogP) is 3.27. The molecule has 1 aromatic carbocycles. The van der Waals surface area contributed by atoms with Crippen LogP contribution in [0.3, 0.4) is 0 Å². The highest BCUT2D eigenvalue weighted by molar-refractivity contribution is 5.83. The van der Waals surface area contributed by atoms with Gasteiger partial charge in [-0.05, 0) is 43.0 Å². The zero-order valence-corrected chi connectivity index (χ0v) is 11.2. The number of pyridine rings is 1. The van der Waals surface area contributed by atoms with E-state index in [1.54, 1.807) is 0 Å². The molecule has 19 heavy (non-hydrogen) atoms. The summed E-state index contributed by atoms with van der Waals surface area (Å²) in [6, 6.07) is 10.6. The van der Waals surface area contributed by atoms with Crippen LogP contribution in [0.5, 0.6) is 0 Å². The summed E-state index contributed by atoms with van der Waals surface area (Å²) < 4.78 is 0. The van der Waals surface area contributed by atoms with Crippen LogP contribution in [0.2, 0.25) is 0 Å². The first kappa shape index (κ1) is 12.0. The van der Waals surface area contributed by atoms with Crippen LogP contribution < -0.4 is 4.90 Å². The summed E-state index contributed by atoms with van der Waals surface area (Å²) in [7, 11) is 0. The smallest absolute Gasteiger partial charge is 0.147 e. The Bertz CT molecular complexity index is 649. The molecule has 2 heterocycles. The number of hydrogen-bond acceptors (Lipinski definition) is 3. The highest BCUT2D eigenvalue weighted by Gasteiger charge is 2.18. The van der Waals surface area contributed by atoms with Gasteiger partial charge in [-0.3, -0.25) is 0 Å². The minimum atomic E-state index is 0.697. The lowest BCUT2D eigenvalue weighted by molar-refractivity contribution is 0.940. The third-order valence-electron chi connectivity index (χ3n) is 3.79. The number of benzene rings is 1. The van der Waals surface area contributed by atoms with Gasteiger partial charge in [0.05, 0.1) is 11.1 Å². The summed E-state index contributed by atoms with van der Waals surface area (Å²) in [6.45, 7) is 4.17. The summed E-state index contributed by atoms with van der Waals surface area (Å²) in [5, 5.41) is 10.4. The van der Waals surface area contributed by atoms with E-state index in [1.165, 1.54) is 18.4 Å². The normalized spacial score (nSPS) is 14.8. The van der Waals surface area contributed by atoms with Crippen molar-refractivity contribution in [3.05, 3.63) is 35.4 Å². The highest BCUT2D eigenvalue weighted by atomic mass is 15.2. The molecule has 3 rings (SSSR count). The maximum atomic E-state index is 9.35. The molecule has 1 aliphatic rings. The minimum Gasteiger partial charge on any atom is -0.356 e. The first-order chi connectivity index (χ1) is 9.31. The fourth-order valence-electron chi connectivity index (χ4n) is 2.69. The molecule has 3 nitrogen and oxygen atoms in total. The molecule has 0 atom stereocenters. The Labute approximate surface area is 113 Å². The summed E-state index contributed by atoms with van der Waals surface area (Å²) >= 11 is 0. The average molecular weight is 251 g/mol. The number of rotatable bonds is 2. The van der Waals surface area contributed by atoms with E-state index in [4.69, 9.17) is 4.98 Å². The second kappa shape index (κ2) is 4.89. The number of nitrogens with zero attached hydrogens (tertiary/aromatic N) is 3. The van der Waals surface area contributed by atoms with Crippen LogP contribution in [0.4, 0.5) is 5.82 Å². The molecule has 0 aliphatic carbocycles. The van der Waals surface area contributed by atoms with Crippen LogP contribution in [0.1, 0.15) is 30.9 Å². The van der Waals surface area contributed by atoms with Crippen molar-refractivity contribution < 1.29 is 0 Å². The minimum absolute atomic E-state index is 0.697. The molecule has 0 bridgehead atoms. The standard InChI is InChI=1S/C16H17N3/c1-2-12-5-6-15-13(9-12)10-14(11-17)16(18-15)19-7-3-4-8-19/h5-6,9-10H,2-4,7-8H2,1H3. The molecular formula is C16H17N3. The maximum Gasteiger partial charge on any atom is 0.147 e. The fourth-order valence-corrected chi connectivity index (χ4v) is 2.69. The quantitative estimate of drug-likeness (QED) is 0.822. The van der Waals surface area contributed by atoms with Crippen LogP contribution >= 0.6 is 0 Å². The van der Waals surface area contributed by atoms with Crippen molar-refractivity contribution in [1.82, 2.24) is 4.98 Å². The largest absolute Gasteiger partial charge is 0.356 e. The molecule has 2 aromatic rings. The van der Waals surface area contributed by atoms with Crippen molar-refractivity contribution in [2.45, 2.75) is 26.2 Å². The van der Waals surface area contributed by atoms with Crippen LogP contribution in [-0.4, -0.2) is 18.1 Å². The number of aromatic nitrogens is 1. The van der Waals surface area contributed by atoms with Gasteiger partial charge < -0.3 is 4.90 Å². The summed E-state index contributed by atoms with van der Waals surface area (Å²) in [5.41, 5.74) is 2.97. The zero-order chi connectivity index (χ0) is 13.2. The van der Waals surface area contributed by atoms with Gasteiger partial charge in [0, 0.05) is 18.5 Å². The van der Waals surface area contributed by atoms with E-state index in [2.05, 4.69) is 36.1 Å². The van der Waals surface area contributed by atoms with E-state index in [1.807, 2.05) is 6.07 Å². The van der Waals surface area contributed by atoms with Crippen LogP contribution in [-0.2, 0) is 6.42 Å². The van der Waals surface area contributed by atoms with Gasteiger partial charge in [-0.2, -0.15) is 5.26 Å². The second-order valence-electron chi connectivity index (χ2n) is 5.05. The van der Waals surface area contributed by atoms with Gasteiger partial charge in [-0.15, -0.1) is 0 Å². The highest BCUT2D eigenvalue weighted by Crippen LogP contribution is 2.26. The topological polar surface area (TPSA) is 39.9 Å². The molecule has 96 valence electrons. The van der Waals surface area contributed by atoms with Gasteiger partial charge in [-0.1, -0.05) is 13.0 Å². The molecule has 1 aliphatic heterocycles. The Hall–Kier alpha value is -2.08. The molecule has 0 radical (unpaired) electrons. The number of anilines is 1. The van der Waals surface area contributed by atoms with Crippen molar-refractivity contribution in [3.8, 4) is 6.07 Å². The van der Waals surface area contributed by atoms with Gasteiger partial charge in [0.1, 0.15) is 11.9 Å². The Kier molecular flexibility index (Phi) is 3.08. The number of hydrogen-bond donors (Lipinski definition) is 0. The van der Waals surface area contributed by atoms with Gasteiger partial charge in [0.25, 0.3) is 0 Å². The molecule has 0 saturated carbocycles. The van der Waals surface area contributed by atoms with Crippen molar-refractivity contribution in [1.29, 1.82) is 5.26 Å². The van der Waals surface area contributed by atoms with E-state index in [0.29, 0.717) is 5.56 Å². The lowest BCUT2D eigenvalue weighted by atomic mass is 10.1. The Balaban J connectivity index is 2.15. The number of aryl methyl sites for hydroxylation is 1. The fraction of sp³-hybridized carbons (Fsp3) is 0.375. The maximum absolute atomic E-state index is 9.35. The number of nitriles is 1. The molecule has 0 unspecified atom stereocenters. The third kappa shape index (κ3) is 2.15. The van der Waals surface area contributed by atoms with Gasteiger partial charge in [0.2, 0.25) is 0 Å². The van der Waals surface area contributed by atoms with Crippen LogP contribution in [0.15, 0.2) is 24.3 Å². The van der Waals surface area contributed by atoms with Crippen molar-refractivity contribution in [2.75, 3.05) is 18.0 Å². The molecule has 1 saturated heterocycles. The van der Waals surface area contributed by atoms with Crippen molar-refractivity contribution >= 4 is 16.7 Å². The number of fused-ring (bicyclic) bond motifs is 1. The zero-order valence-electron chi connectivity index (χ0n) is 11.2. The van der Waals surface area contributed by atoms with E-state index in [9.17, 15) is 5.26 Å². The molecule has 0 N–H and O–H groups in total. The monoisotopic (exact) mass is 251 g/mol. The Morgan fingerprint density at radius 2 is 2.05 bits per heavy atom.